The minimum atomic E-state index is -0.410. The summed E-state index contributed by atoms with van der Waals surface area (Å²) in [6.07, 6.45) is 4.80. The Morgan fingerprint density at radius 1 is 1.31 bits per heavy atom. The van der Waals surface area contributed by atoms with Gasteiger partial charge in [-0.1, -0.05) is 12.8 Å². The maximum atomic E-state index is 11.5. The first-order valence-electron chi connectivity index (χ1n) is 5.91. The molecule has 2 N–H and O–H groups in total. The summed E-state index contributed by atoms with van der Waals surface area (Å²) in [5.74, 6) is -0.236. The van der Waals surface area contributed by atoms with Gasteiger partial charge in [0.15, 0.2) is 0 Å². The van der Waals surface area contributed by atoms with Crippen LogP contribution in [0.15, 0.2) is 0 Å². The second kappa shape index (κ2) is 6.48. The number of hydrogen-bond acceptors (Lipinski definition) is 3. The third-order valence-corrected chi connectivity index (χ3v) is 2.93. The molecule has 3 amide bonds. The lowest BCUT2D eigenvalue weighted by molar-refractivity contribution is -0.121. The number of rotatable bonds is 4. The predicted molar refractivity (Wildman–Crippen MR) is 62.1 cm³/mol. The van der Waals surface area contributed by atoms with Crippen molar-refractivity contribution in [3.8, 4) is 0 Å². The van der Waals surface area contributed by atoms with Crippen molar-refractivity contribution >= 4 is 11.9 Å². The molecule has 1 fully saturated rings. The van der Waals surface area contributed by atoms with Crippen molar-refractivity contribution in [2.45, 2.75) is 38.6 Å². The monoisotopic (exact) mass is 227 g/mol. The summed E-state index contributed by atoms with van der Waals surface area (Å²) in [5.41, 5.74) is 0. The number of carbonyl (C=O) groups is 2. The molecule has 1 rings (SSSR count). The molecule has 0 aromatic rings. The topological polar surface area (TPSA) is 61.4 Å². The number of carbonyl (C=O) groups excluding carboxylic acids is 2. The fraction of sp³-hybridized carbons (Fsp3) is 0.818. The smallest absolute Gasteiger partial charge is 0.321 e. The first-order valence-corrected chi connectivity index (χ1v) is 5.91. The van der Waals surface area contributed by atoms with E-state index in [1.165, 1.54) is 12.8 Å². The molecular weight excluding hydrogens is 206 g/mol. The number of urea groups is 1. The zero-order chi connectivity index (χ0) is 12.0. The highest BCUT2D eigenvalue weighted by atomic mass is 16.2. The van der Waals surface area contributed by atoms with Crippen LogP contribution in [0.5, 0.6) is 0 Å². The zero-order valence-corrected chi connectivity index (χ0v) is 10.1. The molecule has 92 valence electrons. The Morgan fingerprint density at radius 2 is 1.94 bits per heavy atom. The molecule has 0 radical (unpaired) electrons. The first-order chi connectivity index (χ1) is 7.63. The van der Waals surface area contributed by atoms with Gasteiger partial charge in [-0.25, -0.2) is 4.79 Å². The third-order valence-electron chi connectivity index (χ3n) is 2.93. The van der Waals surface area contributed by atoms with E-state index in [1.54, 1.807) is 0 Å². The van der Waals surface area contributed by atoms with Gasteiger partial charge in [0.2, 0.25) is 5.91 Å². The molecule has 16 heavy (non-hydrogen) atoms. The van der Waals surface area contributed by atoms with E-state index in [1.807, 2.05) is 18.9 Å². The molecule has 0 aromatic carbocycles. The maximum absolute atomic E-state index is 11.5. The fourth-order valence-electron chi connectivity index (χ4n) is 2.07. The minimum absolute atomic E-state index is 0.236. The summed E-state index contributed by atoms with van der Waals surface area (Å²) in [6, 6.07) is 0.0901. The predicted octanol–water partition coefficient (Wildman–Crippen LogP) is 0.706. The highest BCUT2D eigenvalue weighted by Crippen LogP contribution is 2.21. The number of hydrogen-bond donors (Lipinski definition) is 2. The van der Waals surface area contributed by atoms with Crippen molar-refractivity contribution in [1.29, 1.82) is 0 Å². The number of amides is 3. The van der Waals surface area contributed by atoms with Gasteiger partial charge >= 0.3 is 6.03 Å². The van der Waals surface area contributed by atoms with Gasteiger partial charge in [0, 0.05) is 12.6 Å². The van der Waals surface area contributed by atoms with Crippen LogP contribution in [-0.2, 0) is 4.79 Å². The minimum Gasteiger partial charge on any atom is -0.338 e. The van der Waals surface area contributed by atoms with Crippen LogP contribution in [0.4, 0.5) is 4.79 Å². The summed E-state index contributed by atoms with van der Waals surface area (Å²) in [7, 11) is 1.94. The van der Waals surface area contributed by atoms with Gasteiger partial charge in [0.1, 0.15) is 0 Å². The molecule has 5 heteroatoms. The lowest BCUT2D eigenvalue weighted by Gasteiger charge is -2.22. The molecule has 1 aliphatic carbocycles. The molecule has 1 saturated carbocycles. The molecule has 0 saturated heterocycles. The van der Waals surface area contributed by atoms with Crippen LogP contribution >= 0.6 is 0 Å². The fourth-order valence-corrected chi connectivity index (χ4v) is 2.07. The van der Waals surface area contributed by atoms with E-state index < -0.39 is 6.03 Å². The molecule has 0 bridgehead atoms. The Labute approximate surface area is 96.6 Å². The lowest BCUT2D eigenvalue weighted by atomic mass is 10.2. The molecule has 0 spiro atoms. The van der Waals surface area contributed by atoms with Crippen molar-refractivity contribution in [2.75, 3.05) is 20.1 Å². The molecule has 0 aromatic heterocycles. The zero-order valence-electron chi connectivity index (χ0n) is 10.1. The molecule has 0 atom stereocenters. The molecule has 0 heterocycles. The maximum Gasteiger partial charge on any atom is 0.321 e. The number of likely N-dealkylation sites (N-methyl/N-ethyl adjacent to an activating group) is 1. The molecule has 0 unspecified atom stereocenters. The van der Waals surface area contributed by atoms with Crippen LogP contribution in [0, 0.1) is 0 Å². The molecular formula is C11H21N3O2. The molecule has 0 aliphatic heterocycles. The van der Waals surface area contributed by atoms with Crippen molar-refractivity contribution in [1.82, 2.24) is 15.5 Å². The van der Waals surface area contributed by atoms with E-state index in [0.29, 0.717) is 19.1 Å². The average Bonchev–Trinajstić information content (AvgIpc) is 2.69. The standard InChI is InChI=1S/C11H21N3O2/c1-3-12-11(16)13-10(15)8-14(2)9-6-4-5-7-9/h9H,3-8H2,1-2H3,(H2,12,13,15,16). The van der Waals surface area contributed by atoms with Gasteiger partial charge in [-0.2, -0.15) is 0 Å². The average molecular weight is 227 g/mol. The van der Waals surface area contributed by atoms with Crippen LogP contribution in [0.2, 0.25) is 0 Å². The van der Waals surface area contributed by atoms with E-state index in [-0.39, 0.29) is 5.91 Å². The Hall–Kier alpha value is -1.10. The second-order valence-electron chi connectivity index (χ2n) is 4.26. The quantitative estimate of drug-likeness (QED) is 0.743. The van der Waals surface area contributed by atoms with Crippen molar-refractivity contribution in [3.63, 3.8) is 0 Å². The second-order valence-corrected chi connectivity index (χ2v) is 4.26. The molecule has 1 aliphatic rings. The number of imide groups is 1. The van der Waals surface area contributed by atoms with Gasteiger partial charge in [0.05, 0.1) is 6.54 Å². The highest BCUT2D eigenvalue weighted by molar-refractivity contribution is 5.95. The third kappa shape index (κ3) is 4.18. The molecule has 5 nitrogen and oxygen atoms in total. The largest absolute Gasteiger partial charge is 0.338 e. The van der Waals surface area contributed by atoms with Gasteiger partial charge in [-0.15, -0.1) is 0 Å². The van der Waals surface area contributed by atoms with E-state index >= 15 is 0 Å². The first kappa shape index (κ1) is 13.0. The van der Waals surface area contributed by atoms with E-state index in [4.69, 9.17) is 0 Å². The Bertz CT molecular complexity index is 250. The van der Waals surface area contributed by atoms with E-state index in [0.717, 1.165) is 12.8 Å². The normalized spacial score (nSPS) is 16.4. The number of nitrogens with one attached hydrogen (secondary N) is 2. The SMILES string of the molecule is CCNC(=O)NC(=O)CN(C)C1CCCC1. The summed E-state index contributed by atoms with van der Waals surface area (Å²) >= 11 is 0. The van der Waals surface area contributed by atoms with Crippen LogP contribution in [-0.4, -0.2) is 43.0 Å². The Balaban J connectivity index is 2.24. The lowest BCUT2D eigenvalue weighted by Crippen LogP contribution is -2.45. The van der Waals surface area contributed by atoms with Crippen LogP contribution in [0.1, 0.15) is 32.6 Å². The van der Waals surface area contributed by atoms with E-state index in [2.05, 4.69) is 10.6 Å². The van der Waals surface area contributed by atoms with Gasteiger partial charge in [0.25, 0.3) is 0 Å². The van der Waals surface area contributed by atoms with Crippen LogP contribution < -0.4 is 10.6 Å². The summed E-state index contributed by atoms with van der Waals surface area (Å²) in [4.78, 5) is 24.6. The van der Waals surface area contributed by atoms with E-state index in [9.17, 15) is 9.59 Å². The highest BCUT2D eigenvalue weighted by Gasteiger charge is 2.21. The van der Waals surface area contributed by atoms with Crippen molar-refractivity contribution in [2.24, 2.45) is 0 Å². The van der Waals surface area contributed by atoms with Gasteiger partial charge in [-0.05, 0) is 26.8 Å². The summed E-state index contributed by atoms with van der Waals surface area (Å²) in [5, 5.41) is 4.83. The summed E-state index contributed by atoms with van der Waals surface area (Å²) < 4.78 is 0. The van der Waals surface area contributed by atoms with Gasteiger partial charge in [-0.3, -0.25) is 15.0 Å². The Kier molecular flexibility index (Phi) is 5.25. The van der Waals surface area contributed by atoms with Crippen molar-refractivity contribution in [3.05, 3.63) is 0 Å². The summed E-state index contributed by atoms with van der Waals surface area (Å²) in [6.45, 7) is 2.63. The number of nitrogens with zero attached hydrogens (tertiary/aromatic N) is 1. The van der Waals surface area contributed by atoms with Gasteiger partial charge < -0.3 is 5.32 Å². The van der Waals surface area contributed by atoms with Crippen LogP contribution in [0.3, 0.4) is 0 Å². The Morgan fingerprint density at radius 3 is 2.50 bits per heavy atom. The van der Waals surface area contributed by atoms with Crippen LogP contribution in [0.25, 0.3) is 0 Å². The van der Waals surface area contributed by atoms with Crippen molar-refractivity contribution < 1.29 is 9.59 Å².